The van der Waals surface area contributed by atoms with Crippen LogP contribution in [0, 0.1) is 6.92 Å². The number of para-hydroxylation sites is 1. The molecule has 9 heteroatoms. The molecule has 0 fully saturated rings. The van der Waals surface area contributed by atoms with Crippen LogP contribution >= 0.6 is 11.3 Å². The van der Waals surface area contributed by atoms with Crippen molar-refractivity contribution in [3.63, 3.8) is 0 Å². The third-order valence-electron chi connectivity index (χ3n) is 6.36. The van der Waals surface area contributed by atoms with Gasteiger partial charge in [0.25, 0.3) is 11.1 Å². The fourth-order valence-corrected chi connectivity index (χ4v) is 5.49. The SMILES string of the molecule is Cc1c2c(=O)n(-c3nc4ccccc4s3)n(Cc3ccccc3)c2cc(=O)n1Cc1ccnn1C. The maximum absolute atomic E-state index is 13.9. The molecule has 0 atom stereocenters. The molecule has 0 aliphatic rings. The Bertz CT molecular complexity index is 1790. The number of aryl methyl sites for hydroxylation is 2. The first-order valence-electron chi connectivity index (χ1n) is 11.2. The minimum absolute atomic E-state index is 0.167. The Morgan fingerprint density at radius 3 is 2.46 bits per heavy atom. The Labute approximate surface area is 203 Å². The number of hydrogen-bond acceptors (Lipinski definition) is 5. The summed E-state index contributed by atoms with van der Waals surface area (Å²) in [5, 5.41) is 5.29. The molecule has 0 saturated heterocycles. The second kappa shape index (κ2) is 8.21. The second-order valence-corrected chi connectivity index (χ2v) is 9.49. The van der Waals surface area contributed by atoms with Gasteiger partial charge in [-0.25, -0.2) is 4.98 Å². The van der Waals surface area contributed by atoms with Crippen molar-refractivity contribution in [1.29, 1.82) is 0 Å². The van der Waals surface area contributed by atoms with Gasteiger partial charge in [-0.3, -0.25) is 19.0 Å². The summed E-state index contributed by atoms with van der Waals surface area (Å²) >= 11 is 1.46. The molecule has 35 heavy (non-hydrogen) atoms. The Morgan fingerprint density at radius 1 is 0.943 bits per heavy atom. The maximum Gasteiger partial charge on any atom is 0.283 e. The van der Waals surface area contributed by atoms with Gasteiger partial charge in [0, 0.05) is 25.0 Å². The van der Waals surface area contributed by atoms with Crippen LogP contribution in [0.4, 0.5) is 0 Å². The third kappa shape index (κ3) is 3.52. The number of benzene rings is 2. The summed E-state index contributed by atoms with van der Waals surface area (Å²) < 4.78 is 7.85. The number of fused-ring (bicyclic) bond motifs is 2. The van der Waals surface area contributed by atoms with E-state index in [1.807, 2.05) is 79.3 Å². The zero-order valence-corrected chi connectivity index (χ0v) is 20.1. The Hall–Kier alpha value is -4.24. The fourth-order valence-electron chi connectivity index (χ4n) is 4.51. The highest BCUT2D eigenvalue weighted by Gasteiger charge is 2.22. The molecule has 2 aromatic carbocycles. The molecule has 6 aromatic rings. The van der Waals surface area contributed by atoms with E-state index < -0.39 is 0 Å². The van der Waals surface area contributed by atoms with Crippen molar-refractivity contribution in [3.05, 3.63) is 111 Å². The van der Waals surface area contributed by atoms with Crippen molar-refractivity contribution in [3.8, 4) is 5.13 Å². The van der Waals surface area contributed by atoms with Crippen molar-refractivity contribution in [2.45, 2.75) is 20.0 Å². The van der Waals surface area contributed by atoms with E-state index in [-0.39, 0.29) is 11.1 Å². The van der Waals surface area contributed by atoms with E-state index in [2.05, 4.69) is 5.10 Å². The molecule has 0 bridgehead atoms. The number of pyridine rings is 1. The van der Waals surface area contributed by atoms with E-state index in [4.69, 9.17) is 4.98 Å². The van der Waals surface area contributed by atoms with E-state index >= 15 is 0 Å². The topological polar surface area (TPSA) is 79.6 Å². The summed E-state index contributed by atoms with van der Waals surface area (Å²) in [7, 11) is 1.84. The van der Waals surface area contributed by atoms with Crippen molar-refractivity contribution in [2.75, 3.05) is 0 Å². The third-order valence-corrected chi connectivity index (χ3v) is 7.37. The number of nitrogens with zero attached hydrogens (tertiary/aromatic N) is 6. The summed E-state index contributed by atoms with van der Waals surface area (Å²) in [5.74, 6) is 0. The molecule has 0 saturated carbocycles. The van der Waals surface area contributed by atoms with Gasteiger partial charge in [-0.1, -0.05) is 53.8 Å². The molecule has 0 spiro atoms. The first-order valence-corrected chi connectivity index (χ1v) is 12.1. The second-order valence-electron chi connectivity index (χ2n) is 8.48. The fraction of sp³-hybridized carbons (Fsp3) is 0.154. The summed E-state index contributed by atoms with van der Waals surface area (Å²) in [6.07, 6.45) is 1.70. The van der Waals surface area contributed by atoms with Crippen LogP contribution in [-0.2, 0) is 20.1 Å². The van der Waals surface area contributed by atoms with Crippen molar-refractivity contribution in [2.24, 2.45) is 7.05 Å². The van der Waals surface area contributed by atoms with Crippen LogP contribution in [0.2, 0.25) is 0 Å². The van der Waals surface area contributed by atoms with Gasteiger partial charge in [0.15, 0.2) is 0 Å². The van der Waals surface area contributed by atoms with Crippen LogP contribution < -0.4 is 11.1 Å². The van der Waals surface area contributed by atoms with Crippen molar-refractivity contribution in [1.82, 2.24) is 28.7 Å². The number of thiazole rings is 1. The molecule has 6 rings (SSSR count). The van der Waals surface area contributed by atoms with E-state index in [0.717, 1.165) is 21.5 Å². The summed E-state index contributed by atoms with van der Waals surface area (Å²) in [6, 6.07) is 21.2. The number of aromatic nitrogens is 6. The van der Waals surface area contributed by atoms with E-state index in [0.29, 0.717) is 34.8 Å². The maximum atomic E-state index is 13.9. The van der Waals surface area contributed by atoms with Gasteiger partial charge in [-0.2, -0.15) is 9.78 Å². The van der Waals surface area contributed by atoms with Crippen LogP contribution in [0.25, 0.3) is 26.3 Å². The molecule has 0 aliphatic heterocycles. The van der Waals surface area contributed by atoms with Gasteiger partial charge >= 0.3 is 0 Å². The predicted octanol–water partition coefficient (Wildman–Crippen LogP) is 3.70. The summed E-state index contributed by atoms with van der Waals surface area (Å²) in [6.45, 7) is 2.60. The molecule has 8 nitrogen and oxygen atoms in total. The lowest BCUT2D eigenvalue weighted by Crippen LogP contribution is -2.24. The molecular formula is C26H22N6O2S. The number of rotatable bonds is 5. The van der Waals surface area contributed by atoms with Crippen LogP contribution in [0.3, 0.4) is 0 Å². The predicted molar refractivity (Wildman–Crippen MR) is 138 cm³/mol. The van der Waals surface area contributed by atoms with Gasteiger partial charge in [0.1, 0.15) is 0 Å². The largest absolute Gasteiger partial charge is 0.306 e. The van der Waals surface area contributed by atoms with Gasteiger partial charge in [-0.05, 0) is 30.7 Å². The monoisotopic (exact) mass is 482 g/mol. The first kappa shape index (κ1) is 21.3. The minimum atomic E-state index is -0.189. The normalized spacial score (nSPS) is 11.6. The Kier molecular flexibility index (Phi) is 5.00. The minimum Gasteiger partial charge on any atom is -0.306 e. The molecule has 0 amide bonds. The molecule has 0 N–H and O–H groups in total. The Morgan fingerprint density at radius 2 is 1.71 bits per heavy atom. The van der Waals surface area contributed by atoms with Crippen LogP contribution in [-0.4, -0.2) is 28.7 Å². The number of hydrogen-bond donors (Lipinski definition) is 0. The summed E-state index contributed by atoms with van der Waals surface area (Å²) in [5.41, 5.74) is 3.61. The highest BCUT2D eigenvalue weighted by molar-refractivity contribution is 7.20. The molecule has 174 valence electrons. The molecular weight excluding hydrogens is 460 g/mol. The van der Waals surface area contributed by atoms with Crippen molar-refractivity contribution >= 4 is 32.5 Å². The lowest BCUT2D eigenvalue weighted by atomic mass is 10.2. The zero-order valence-electron chi connectivity index (χ0n) is 19.3. The highest BCUT2D eigenvalue weighted by atomic mass is 32.1. The quantitative estimate of drug-likeness (QED) is 0.375. The van der Waals surface area contributed by atoms with Gasteiger partial charge in [-0.15, -0.1) is 0 Å². The van der Waals surface area contributed by atoms with E-state index in [1.165, 1.54) is 11.3 Å². The lowest BCUT2D eigenvalue weighted by molar-refractivity contribution is 0.610. The average Bonchev–Trinajstić information content (AvgIpc) is 3.53. The first-order chi connectivity index (χ1) is 17.0. The smallest absolute Gasteiger partial charge is 0.283 e. The van der Waals surface area contributed by atoms with Crippen molar-refractivity contribution < 1.29 is 0 Å². The van der Waals surface area contributed by atoms with Crippen LogP contribution in [0.15, 0.2) is 82.5 Å². The lowest BCUT2D eigenvalue weighted by Gasteiger charge is -2.13. The highest BCUT2D eigenvalue weighted by Crippen LogP contribution is 2.26. The molecule has 4 heterocycles. The summed E-state index contributed by atoms with van der Waals surface area (Å²) in [4.78, 5) is 32.0. The van der Waals surface area contributed by atoms with E-state index in [1.54, 1.807) is 26.2 Å². The molecule has 4 aromatic heterocycles. The molecule has 0 radical (unpaired) electrons. The van der Waals surface area contributed by atoms with Gasteiger partial charge in [0.05, 0.1) is 39.9 Å². The van der Waals surface area contributed by atoms with E-state index in [9.17, 15) is 9.59 Å². The Balaban J connectivity index is 1.63. The standard InChI is InChI=1S/C26H22N6O2S/c1-17-24-21(14-23(33)30(17)16-19-12-13-27-29(19)2)31(15-18-8-4-3-5-9-18)32(25(24)34)26-28-20-10-6-7-11-22(20)35-26/h3-14H,15-16H2,1-2H3. The average molecular weight is 483 g/mol. The van der Waals surface area contributed by atoms with Crippen LogP contribution in [0.1, 0.15) is 17.0 Å². The molecule has 0 unspecified atom stereocenters. The van der Waals surface area contributed by atoms with Crippen LogP contribution in [0.5, 0.6) is 0 Å². The molecule has 0 aliphatic carbocycles. The van der Waals surface area contributed by atoms with Gasteiger partial charge in [0.2, 0.25) is 5.13 Å². The zero-order chi connectivity index (χ0) is 24.1. The van der Waals surface area contributed by atoms with Gasteiger partial charge < -0.3 is 4.57 Å².